The van der Waals surface area contributed by atoms with Crippen LogP contribution in [0.3, 0.4) is 0 Å². The minimum Gasteiger partial charge on any atom is -0.380 e. The van der Waals surface area contributed by atoms with Crippen LogP contribution in [0.15, 0.2) is 22.7 Å². The van der Waals surface area contributed by atoms with Crippen LogP contribution in [0.25, 0.3) is 0 Å². The first-order chi connectivity index (χ1) is 7.13. The number of nitrogens with one attached hydrogen (secondary N) is 1. The molecule has 0 spiro atoms. The summed E-state index contributed by atoms with van der Waals surface area (Å²) in [4.78, 5) is 0. The number of anilines is 1. The van der Waals surface area contributed by atoms with Crippen molar-refractivity contribution in [1.29, 1.82) is 0 Å². The first kappa shape index (κ1) is 12.8. The van der Waals surface area contributed by atoms with Crippen molar-refractivity contribution in [3.8, 4) is 0 Å². The predicted octanol–water partition coefficient (Wildman–Crippen LogP) is 3.94. The van der Waals surface area contributed by atoms with Gasteiger partial charge < -0.3 is 10.1 Å². The largest absolute Gasteiger partial charge is 0.380 e. The zero-order chi connectivity index (χ0) is 11.3. The van der Waals surface area contributed by atoms with Crippen LogP contribution in [0.1, 0.15) is 13.8 Å². The van der Waals surface area contributed by atoms with Crippen molar-refractivity contribution in [2.45, 2.75) is 19.9 Å². The Morgan fingerprint density at radius 3 is 2.93 bits per heavy atom. The second-order valence-electron chi connectivity index (χ2n) is 3.33. The molecule has 0 saturated heterocycles. The molecule has 0 aliphatic heterocycles. The second-order valence-corrected chi connectivity index (χ2v) is 4.65. The van der Waals surface area contributed by atoms with Gasteiger partial charge in [-0.05, 0) is 32.0 Å². The van der Waals surface area contributed by atoms with E-state index in [1.165, 1.54) is 0 Å². The molecule has 0 aliphatic rings. The number of hydrogen-bond donors (Lipinski definition) is 1. The molecule has 1 aromatic rings. The minimum atomic E-state index is 0.247. The van der Waals surface area contributed by atoms with E-state index in [0.29, 0.717) is 6.61 Å². The summed E-state index contributed by atoms with van der Waals surface area (Å²) in [6.07, 6.45) is 0. The fraction of sp³-hybridized carbons (Fsp3) is 0.455. The quantitative estimate of drug-likeness (QED) is 0.887. The summed E-state index contributed by atoms with van der Waals surface area (Å²) in [5.41, 5.74) is 0.929. The average Bonchev–Trinajstić information content (AvgIpc) is 2.20. The van der Waals surface area contributed by atoms with Crippen LogP contribution in [-0.2, 0) is 4.74 Å². The highest BCUT2D eigenvalue weighted by Crippen LogP contribution is 2.26. The predicted molar refractivity (Wildman–Crippen MR) is 68.7 cm³/mol. The highest BCUT2D eigenvalue weighted by Gasteiger charge is 2.05. The molecule has 4 heteroatoms. The number of hydrogen-bond acceptors (Lipinski definition) is 2. The van der Waals surface area contributed by atoms with Crippen LogP contribution in [0.4, 0.5) is 5.69 Å². The lowest BCUT2D eigenvalue weighted by atomic mass is 10.3. The van der Waals surface area contributed by atoms with Crippen molar-refractivity contribution in [2.75, 3.05) is 18.5 Å². The molecule has 0 bridgehead atoms. The summed E-state index contributed by atoms with van der Waals surface area (Å²) in [6, 6.07) is 5.99. The second kappa shape index (κ2) is 6.36. The molecule has 1 atom stereocenters. The zero-order valence-corrected chi connectivity index (χ0v) is 11.2. The van der Waals surface area contributed by atoms with E-state index < -0.39 is 0 Å². The Bertz CT molecular complexity index is 319. The Balaban J connectivity index is 2.59. The van der Waals surface area contributed by atoms with Gasteiger partial charge >= 0.3 is 0 Å². The summed E-state index contributed by atoms with van der Waals surface area (Å²) in [5.74, 6) is 0. The standard InChI is InChI=1S/C11H15BrClNO/c1-3-15-7-8(2)14-11-6-9(12)4-5-10(11)13/h4-6,8,14H,3,7H2,1-2H3. The van der Waals surface area contributed by atoms with Crippen molar-refractivity contribution in [3.63, 3.8) is 0 Å². The summed E-state index contributed by atoms with van der Waals surface area (Å²) in [6.45, 7) is 5.46. The van der Waals surface area contributed by atoms with Crippen LogP contribution >= 0.6 is 27.5 Å². The van der Waals surface area contributed by atoms with Crippen LogP contribution < -0.4 is 5.32 Å². The van der Waals surface area contributed by atoms with Crippen LogP contribution in [0, 0.1) is 0 Å². The van der Waals surface area contributed by atoms with Gasteiger partial charge in [-0.1, -0.05) is 27.5 Å². The summed E-state index contributed by atoms with van der Waals surface area (Å²) in [7, 11) is 0. The molecule has 0 radical (unpaired) electrons. The maximum atomic E-state index is 6.05. The molecule has 1 unspecified atom stereocenters. The smallest absolute Gasteiger partial charge is 0.0664 e. The van der Waals surface area contributed by atoms with Crippen molar-refractivity contribution >= 4 is 33.2 Å². The number of benzene rings is 1. The molecule has 2 nitrogen and oxygen atoms in total. The van der Waals surface area contributed by atoms with E-state index in [4.69, 9.17) is 16.3 Å². The first-order valence-electron chi connectivity index (χ1n) is 4.92. The average molecular weight is 293 g/mol. The van der Waals surface area contributed by atoms with Gasteiger partial charge in [-0.15, -0.1) is 0 Å². The zero-order valence-electron chi connectivity index (χ0n) is 8.89. The molecule has 0 aromatic heterocycles. The van der Waals surface area contributed by atoms with Crippen LogP contribution in [-0.4, -0.2) is 19.3 Å². The maximum Gasteiger partial charge on any atom is 0.0664 e. The third-order valence-corrected chi connectivity index (χ3v) is 2.73. The van der Waals surface area contributed by atoms with E-state index in [-0.39, 0.29) is 6.04 Å². The van der Waals surface area contributed by atoms with Gasteiger partial charge in [0.2, 0.25) is 0 Å². The van der Waals surface area contributed by atoms with E-state index in [0.717, 1.165) is 21.8 Å². The number of ether oxygens (including phenoxy) is 1. The number of rotatable bonds is 5. The van der Waals surface area contributed by atoms with Gasteiger partial charge in [-0.25, -0.2) is 0 Å². The third kappa shape index (κ3) is 4.41. The molecule has 1 rings (SSSR count). The first-order valence-corrected chi connectivity index (χ1v) is 6.10. The van der Waals surface area contributed by atoms with Crippen LogP contribution in [0.5, 0.6) is 0 Å². The summed E-state index contributed by atoms with van der Waals surface area (Å²) < 4.78 is 6.33. The Labute approximate surface area is 104 Å². The van der Waals surface area contributed by atoms with E-state index >= 15 is 0 Å². The normalized spacial score (nSPS) is 12.5. The van der Waals surface area contributed by atoms with Gasteiger partial charge in [0.15, 0.2) is 0 Å². The van der Waals surface area contributed by atoms with Gasteiger partial charge in [0.25, 0.3) is 0 Å². The molecule has 0 heterocycles. The fourth-order valence-corrected chi connectivity index (χ4v) is 1.74. The van der Waals surface area contributed by atoms with Crippen molar-refractivity contribution in [3.05, 3.63) is 27.7 Å². The van der Waals surface area contributed by atoms with Crippen molar-refractivity contribution in [1.82, 2.24) is 0 Å². The van der Waals surface area contributed by atoms with Gasteiger partial charge in [-0.3, -0.25) is 0 Å². The molecule has 1 aromatic carbocycles. The molecule has 15 heavy (non-hydrogen) atoms. The Morgan fingerprint density at radius 2 is 2.27 bits per heavy atom. The van der Waals surface area contributed by atoms with Crippen LogP contribution in [0.2, 0.25) is 5.02 Å². The SMILES string of the molecule is CCOCC(C)Nc1cc(Br)ccc1Cl. The molecule has 1 N–H and O–H groups in total. The Hall–Kier alpha value is -0.250. The lowest BCUT2D eigenvalue weighted by molar-refractivity contribution is 0.141. The third-order valence-electron chi connectivity index (χ3n) is 1.90. The van der Waals surface area contributed by atoms with Crippen molar-refractivity contribution in [2.24, 2.45) is 0 Å². The Morgan fingerprint density at radius 1 is 1.53 bits per heavy atom. The van der Waals surface area contributed by atoms with Gasteiger partial charge in [0, 0.05) is 17.1 Å². The molecular weight excluding hydrogens is 277 g/mol. The maximum absolute atomic E-state index is 6.05. The fourth-order valence-electron chi connectivity index (χ4n) is 1.21. The van der Waals surface area contributed by atoms with Crippen molar-refractivity contribution < 1.29 is 4.74 Å². The molecule has 0 aliphatic carbocycles. The highest BCUT2D eigenvalue weighted by molar-refractivity contribution is 9.10. The molecule has 84 valence electrons. The van der Waals surface area contributed by atoms with Gasteiger partial charge in [-0.2, -0.15) is 0 Å². The lowest BCUT2D eigenvalue weighted by Gasteiger charge is -2.16. The molecule has 0 amide bonds. The summed E-state index contributed by atoms with van der Waals surface area (Å²) >= 11 is 9.46. The van der Waals surface area contributed by atoms with E-state index in [2.05, 4.69) is 28.2 Å². The molecule has 0 fully saturated rings. The van der Waals surface area contributed by atoms with Gasteiger partial charge in [0.1, 0.15) is 0 Å². The van der Waals surface area contributed by atoms with E-state index in [1.54, 1.807) is 0 Å². The summed E-state index contributed by atoms with van der Waals surface area (Å²) in [5, 5.41) is 4.02. The molecular formula is C11H15BrClNO. The van der Waals surface area contributed by atoms with Gasteiger partial charge in [0.05, 0.1) is 17.3 Å². The topological polar surface area (TPSA) is 21.3 Å². The minimum absolute atomic E-state index is 0.247. The van der Waals surface area contributed by atoms with E-state index in [1.807, 2.05) is 25.1 Å². The number of halogens is 2. The Kier molecular flexibility index (Phi) is 5.43. The highest BCUT2D eigenvalue weighted by atomic mass is 79.9. The monoisotopic (exact) mass is 291 g/mol. The molecule has 0 saturated carbocycles. The van der Waals surface area contributed by atoms with E-state index in [9.17, 15) is 0 Å². The lowest BCUT2D eigenvalue weighted by Crippen LogP contribution is -2.21.